The van der Waals surface area contributed by atoms with Crippen molar-refractivity contribution < 1.29 is 0 Å². The van der Waals surface area contributed by atoms with Crippen LogP contribution in [0, 0.1) is 0 Å². The monoisotopic (exact) mass is 346 g/mol. The third-order valence-electron chi connectivity index (χ3n) is 3.08. The van der Waals surface area contributed by atoms with Crippen LogP contribution in [0.15, 0.2) is 65.7 Å². The second kappa shape index (κ2) is 7.14. The van der Waals surface area contributed by atoms with Crippen molar-refractivity contribution in [1.29, 1.82) is 0 Å². The van der Waals surface area contributed by atoms with Crippen molar-refractivity contribution in [3.63, 3.8) is 0 Å². The first kappa shape index (κ1) is 15.3. The van der Waals surface area contributed by atoms with Gasteiger partial charge in [0.25, 0.3) is 0 Å². The molecule has 0 saturated carbocycles. The number of halogens is 2. The number of nitrogens with zero attached hydrogens (tertiary/aromatic N) is 2. The molecule has 22 heavy (non-hydrogen) atoms. The minimum Gasteiger partial charge on any atom is -0.149 e. The zero-order valence-corrected chi connectivity index (χ0v) is 13.9. The summed E-state index contributed by atoms with van der Waals surface area (Å²) in [7, 11) is 0. The van der Waals surface area contributed by atoms with Gasteiger partial charge in [-0.25, -0.2) is 0 Å². The van der Waals surface area contributed by atoms with Gasteiger partial charge in [0.05, 0.1) is 15.7 Å². The van der Waals surface area contributed by atoms with Crippen LogP contribution in [-0.4, -0.2) is 10.2 Å². The molecule has 3 aromatic rings. The first-order valence-corrected chi connectivity index (χ1v) is 8.42. The Hall–Kier alpha value is -1.55. The predicted molar refractivity (Wildman–Crippen MR) is 93.5 cm³/mol. The Morgan fingerprint density at radius 2 is 1.64 bits per heavy atom. The zero-order chi connectivity index (χ0) is 15.4. The average molecular weight is 347 g/mol. The molecule has 0 aliphatic heterocycles. The highest BCUT2D eigenvalue weighted by atomic mass is 35.5. The second-order valence-corrected chi connectivity index (χ2v) is 6.47. The van der Waals surface area contributed by atoms with Gasteiger partial charge in [-0.2, -0.15) is 0 Å². The summed E-state index contributed by atoms with van der Waals surface area (Å²) < 4.78 is 0. The largest absolute Gasteiger partial charge is 0.149 e. The fourth-order valence-corrected chi connectivity index (χ4v) is 3.02. The van der Waals surface area contributed by atoms with Crippen LogP contribution in [0.25, 0.3) is 11.3 Å². The van der Waals surface area contributed by atoms with Crippen LogP contribution in [0.3, 0.4) is 0 Å². The van der Waals surface area contributed by atoms with Gasteiger partial charge in [-0.05, 0) is 29.8 Å². The van der Waals surface area contributed by atoms with Crippen LogP contribution in [0.2, 0.25) is 10.0 Å². The summed E-state index contributed by atoms with van der Waals surface area (Å²) in [5, 5.41) is 10.6. The van der Waals surface area contributed by atoms with Crippen molar-refractivity contribution in [2.24, 2.45) is 0 Å². The zero-order valence-electron chi connectivity index (χ0n) is 11.5. The third kappa shape index (κ3) is 3.80. The van der Waals surface area contributed by atoms with Crippen molar-refractivity contribution in [1.82, 2.24) is 10.2 Å². The molecule has 0 saturated heterocycles. The fraction of sp³-hybridized carbons (Fsp3) is 0.0588. The summed E-state index contributed by atoms with van der Waals surface area (Å²) in [6, 6.07) is 19.6. The Balaban J connectivity index is 1.67. The van der Waals surface area contributed by atoms with E-state index in [9.17, 15) is 0 Å². The normalized spacial score (nSPS) is 10.6. The second-order valence-electron chi connectivity index (χ2n) is 4.66. The summed E-state index contributed by atoms with van der Waals surface area (Å²) >= 11 is 13.5. The molecule has 5 heteroatoms. The minimum atomic E-state index is 0.572. The number of rotatable bonds is 4. The van der Waals surface area contributed by atoms with Crippen LogP contribution in [-0.2, 0) is 5.75 Å². The molecule has 0 amide bonds. The molecule has 3 rings (SSSR count). The topological polar surface area (TPSA) is 25.8 Å². The molecule has 0 spiro atoms. The number of hydrogen-bond acceptors (Lipinski definition) is 3. The molecule has 0 fully saturated rings. The Labute approximate surface area is 143 Å². The molecule has 1 aromatic heterocycles. The van der Waals surface area contributed by atoms with Gasteiger partial charge >= 0.3 is 0 Å². The van der Waals surface area contributed by atoms with E-state index < -0.39 is 0 Å². The Morgan fingerprint density at radius 1 is 0.818 bits per heavy atom. The number of hydrogen-bond donors (Lipinski definition) is 0. The van der Waals surface area contributed by atoms with Crippen molar-refractivity contribution >= 4 is 35.0 Å². The van der Waals surface area contributed by atoms with Crippen LogP contribution in [0.5, 0.6) is 0 Å². The maximum absolute atomic E-state index is 6.02. The van der Waals surface area contributed by atoms with Gasteiger partial charge in [-0.15, -0.1) is 10.2 Å². The van der Waals surface area contributed by atoms with Gasteiger partial charge in [0.15, 0.2) is 0 Å². The molecule has 2 nitrogen and oxygen atoms in total. The third-order valence-corrected chi connectivity index (χ3v) is 4.81. The van der Waals surface area contributed by atoms with Crippen molar-refractivity contribution in [2.75, 3.05) is 0 Å². The SMILES string of the molecule is Clc1ccc(CSc2ccc(-c3ccccc3)nn2)cc1Cl. The number of benzene rings is 2. The summed E-state index contributed by atoms with van der Waals surface area (Å²) in [6.07, 6.45) is 0. The van der Waals surface area contributed by atoms with Gasteiger partial charge in [-0.1, -0.05) is 71.4 Å². The smallest absolute Gasteiger partial charge is 0.119 e. The molecular formula is C17H12Cl2N2S. The van der Waals surface area contributed by atoms with E-state index in [4.69, 9.17) is 23.2 Å². The molecule has 0 unspecified atom stereocenters. The van der Waals surface area contributed by atoms with Gasteiger partial charge < -0.3 is 0 Å². The Morgan fingerprint density at radius 3 is 2.32 bits per heavy atom. The molecule has 0 N–H and O–H groups in total. The van der Waals surface area contributed by atoms with Gasteiger partial charge in [0.1, 0.15) is 5.03 Å². The Kier molecular flexibility index (Phi) is 4.98. The van der Waals surface area contributed by atoms with Crippen molar-refractivity contribution in [3.05, 3.63) is 76.3 Å². The van der Waals surface area contributed by atoms with E-state index >= 15 is 0 Å². The molecule has 1 heterocycles. The summed E-state index contributed by atoms with van der Waals surface area (Å²) in [5.74, 6) is 0.774. The molecule has 110 valence electrons. The van der Waals surface area contributed by atoms with Crippen LogP contribution >= 0.6 is 35.0 Å². The van der Waals surface area contributed by atoms with E-state index in [1.807, 2.05) is 60.7 Å². The predicted octanol–water partition coefficient (Wildman–Crippen LogP) is 5.74. The van der Waals surface area contributed by atoms with Crippen molar-refractivity contribution in [3.8, 4) is 11.3 Å². The van der Waals surface area contributed by atoms with E-state index in [-0.39, 0.29) is 0 Å². The van der Waals surface area contributed by atoms with Gasteiger partial charge in [0, 0.05) is 11.3 Å². The van der Waals surface area contributed by atoms with Crippen LogP contribution < -0.4 is 0 Å². The van der Waals surface area contributed by atoms with Gasteiger partial charge in [-0.3, -0.25) is 0 Å². The number of thioether (sulfide) groups is 1. The standard InChI is InChI=1S/C17H12Cl2N2S/c18-14-7-6-12(10-15(14)19)11-22-17-9-8-16(20-21-17)13-4-2-1-3-5-13/h1-10H,11H2. The van der Waals surface area contributed by atoms with Crippen LogP contribution in [0.4, 0.5) is 0 Å². The molecule has 0 aliphatic rings. The first-order valence-electron chi connectivity index (χ1n) is 6.68. The average Bonchev–Trinajstić information content (AvgIpc) is 2.57. The van der Waals surface area contributed by atoms with Gasteiger partial charge in [0.2, 0.25) is 0 Å². The maximum atomic E-state index is 6.02. The lowest BCUT2D eigenvalue weighted by atomic mass is 10.1. The molecule has 0 atom stereocenters. The molecule has 2 aromatic carbocycles. The summed E-state index contributed by atoms with van der Waals surface area (Å²) in [6.45, 7) is 0. The van der Waals surface area contributed by atoms with E-state index in [1.54, 1.807) is 11.8 Å². The lowest BCUT2D eigenvalue weighted by molar-refractivity contribution is 0.935. The highest BCUT2D eigenvalue weighted by Crippen LogP contribution is 2.27. The molecule has 0 aliphatic carbocycles. The molecular weight excluding hydrogens is 335 g/mol. The lowest BCUT2D eigenvalue weighted by Gasteiger charge is -2.04. The minimum absolute atomic E-state index is 0.572. The first-order chi connectivity index (χ1) is 10.7. The highest BCUT2D eigenvalue weighted by molar-refractivity contribution is 7.98. The molecule has 0 bridgehead atoms. The van der Waals surface area contributed by atoms with E-state index in [0.29, 0.717) is 10.0 Å². The van der Waals surface area contributed by atoms with E-state index in [2.05, 4.69) is 10.2 Å². The quantitative estimate of drug-likeness (QED) is 0.563. The fourth-order valence-electron chi connectivity index (χ4n) is 1.95. The van der Waals surface area contributed by atoms with E-state index in [1.165, 1.54) is 0 Å². The summed E-state index contributed by atoms with van der Waals surface area (Å²) in [5.41, 5.74) is 3.05. The van der Waals surface area contributed by atoms with E-state index in [0.717, 1.165) is 27.6 Å². The lowest BCUT2D eigenvalue weighted by Crippen LogP contribution is -1.90. The summed E-state index contributed by atoms with van der Waals surface area (Å²) in [4.78, 5) is 0. The van der Waals surface area contributed by atoms with Crippen molar-refractivity contribution in [2.45, 2.75) is 10.8 Å². The Bertz CT molecular complexity index is 761. The number of aromatic nitrogens is 2. The molecule has 0 radical (unpaired) electrons. The highest BCUT2D eigenvalue weighted by Gasteiger charge is 2.03. The van der Waals surface area contributed by atoms with Crippen LogP contribution in [0.1, 0.15) is 5.56 Å². The maximum Gasteiger partial charge on any atom is 0.119 e.